The van der Waals surface area contributed by atoms with E-state index in [1.54, 1.807) is 25.3 Å². The van der Waals surface area contributed by atoms with Crippen molar-refractivity contribution in [2.45, 2.75) is 37.7 Å². The normalized spacial score (nSPS) is 19.1. The Morgan fingerprint density at radius 2 is 1.85 bits per heavy atom. The summed E-state index contributed by atoms with van der Waals surface area (Å²) < 4.78 is 5.54. The number of anilines is 1. The molecule has 0 spiro atoms. The van der Waals surface area contributed by atoms with Gasteiger partial charge in [0.2, 0.25) is 0 Å². The second-order valence-electron chi connectivity index (χ2n) is 6.95. The highest BCUT2D eigenvalue weighted by Crippen LogP contribution is 2.27. The lowest BCUT2D eigenvalue weighted by molar-refractivity contribution is -0.140. The van der Waals surface area contributed by atoms with Gasteiger partial charge >= 0.3 is 0 Å². The van der Waals surface area contributed by atoms with Gasteiger partial charge in [0, 0.05) is 25.9 Å². The SMILES string of the molecule is COC1(C(=O)Nc2ccc(C(=O)N3CCCCC3)c(Cl)c2)CCNCC1.Cl. The van der Waals surface area contributed by atoms with Crippen LogP contribution in [0.25, 0.3) is 0 Å². The Morgan fingerprint density at radius 1 is 1.19 bits per heavy atom. The number of nitrogens with one attached hydrogen (secondary N) is 2. The predicted molar refractivity (Wildman–Crippen MR) is 109 cm³/mol. The average molecular weight is 416 g/mol. The van der Waals surface area contributed by atoms with Crippen LogP contribution in [0.2, 0.25) is 5.02 Å². The molecule has 0 radical (unpaired) electrons. The molecule has 0 bridgehead atoms. The van der Waals surface area contributed by atoms with Crippen LogP contribution < -0.4 is 10.6 Å². The Bertz CT molecular complexity index is 672. The van der Waals surface area contributed by atoms with E-state index in [9.17, 15) is 9.59 Å². The minimum absolute atomic E-state index is 0. The molecule has 2 heterocycles. The van der Waals surface area contributed by atoms with Crippen molar-refractivity contribution in [2.24, 2.45) is 0 Å². The molecule has 150 valence electrons. The van der Waals surface area contributed by atoms with E-state index < -0.39 is 5.60 Å². The standard InChI is InChI=1S/C19H26ClN3O3.ClH/c1-26-19(7-9-21-10-8-19)18(25)22-14-5-6-15(16(20)13-14)17(24)23-11-3-2-4-12-23;/h5-6,13,21H,2-4,7-12H2,1H3,(H,22,25);1H. The van der Waals surface area contributed by atoms with Gasteiger partial charge in [0.05, 0.1) is 10.6 Å². The van der Waals surface area contributed by atoms with Crippen molar-refractivity contribution in [3.05, 3.63) is 28.8 Å². The lowest BCUT2D eigenvalue weighted by atomic mass is 9.91. The monoisotopic (exact) mass is 415 g/mol. The number of methoxy groups -OCH3 is 1. The summed E-state index contributed by atoms with van der Waals surface area (Å²) in [4.78, 5) is 27.2. The number of halogens is 2. The lowest BCUT2D eigenvalue weighted by Gasteiger charge is -2.34. The van der Waals surface area contributed by atoms with Crippen molar-refractivity contribution in [3.63, 3.8) is 0 Å². The van der Waals surface area contributed by atoms with Gasteiger partial charge < -0.3 is 20.3 Å². The van der Waals surface area contributed by atoms with Crippen LogP contribution in [0.3, 0.4) is 0 Å². The lowest BCUT2D eigenvalue weighted by Crippen LogP contribution is -2.51. The van der Waals surface area contributed by atoms with Crippen LogP contribution >= 0.6 is 24.0 Å². The quantitative estimate of drug-likeness (QED) is 0.792. The molecule has 0 unspecified atom stereocenters. The fourth-order valence-electron chi connectivity index (χ4n) is 3.63. The number of piperidine rings is 2. The van der Waals surface area contributed by atoms with E-state index in [4.69, 9.17) is 16.3 Å². The van der Waals surface area contributed by atoms with E-state index in [0.717, 1.165) is 39.0 Å². The molecule has 27 heavy (non-hydrogen) atoms. The van der Waals surface area contributed by atoms with Gasteiger partial charge in [-0.25, -0.2) is 0 Å². The van der Waals surface area contributed by atoms with Crippen molar-refractivity contribution in [1.29, 1.82) is 0 Å². The molecule has 1 aromatic carbocycles. The Hall–Kier alpha value is -1.34. The Morgan fingerprint density at radius 3 is 2.44 bits per heavy atom. The number of carbonyl (C=O) groups is 2. The number of carbonyl (C=O) groups excluding carboxylic acids is 2. The number of benzene rings is 1. The van der Waals surface area contributed by atoms with Crippen LogP contribution in [0, 0.1) is 0 Å². The summed E-state index contributed by atoms with van der Waals surface area (Å²) >= 11 is 6.34. The molecule has 2 N–H and O–H groups in total. The zero-order valence-corrected chi connectivity index (χ0v) is 17.1. The maximum Gasteiger partial charge on any atom is 0.256 e. The fourth-order valence-corrected chi connectivity index (χ4v) is 3.89. The van der Waals surface area contributed by atoms with E-state index in [0.29, 0.717) is 29.1 Å². The summed E-state index contributed by atoms with van der Waals surface area (Å²) in [7, 11) is 1.57. The van der Waals surface area contributed by atoms with Crippen LogP contribution in [-0.2, 0) is 9.53 Å². The van der Waals surface area contributed by atoms with Gasteiger partial charge in [-0.3, -0.25) is 9.59 Å². The van der Waals surface area contributed by atoms with E-state index >= 15 is 0 Å². The van der Waals surface area contributed by atoms with Gasteiger partial charge in [-0.15, -0.1) is 12.4 Å². The van der Waals surface area contributed by atoms with Crippen molar-refractivity contribution < 1.29 is 14.3 Å². The minimum Gasteiger partial charge on any atom is -0.368 e. The van der Waals surface area contributed by atoms with Crippen molar-refractivity contribution >= 4 is 41.5 Å². The Balaban J connectivity index is 0.00000261. The molecule has 0 atom stereocenters. The molecule has 2 saturated heterocycles. The number of ether oxygens (including phenoxy) is 1. The first kappa shape index (κ1) is 22.0. The third-order valence-corrected chi connectivity index (χ3v) is 5.63. The van der Waals surface area contributed by atoms with Crippen molar-refractivity contribution in [1.82, 2.24) is 10.2 Å². The number of hydrogen-bond acceptors (Lipinski definition) is 4. The maximum atomic E-state index is 12.7. The molecule has 2 amide bonds. The Kier molecular flexibility index (Phi) is 7.91. The van der Waals surface area contributed by atoms with Gasteiger partial charge in [-0.05, 0) is 63.4 Å². The summed E-state index contributed by atoms with van der Waals surface area (Å²) in [6.07, 6.45) is 4.47. The third-order valence-electron chi connectivity index (χ3n) is 5.32. The predicted octanol–water partition coefficient (Wildman–Crippen LogP) is 3.10. The van der Waals surface area contributed by atoms with Crippen LogP contribution in [0.4, 0.5) is 5.69 Å². The molecule has 0 saturated carbocycles. The molecule has 2 aliphatic rings. The summed E-state index contributed by atoms with van der Waals surface area (Å²) in [5, 5.41) is 6.47. The summed E-state index contributed by atoms with van der Waals surface area (Å²) in [5.41, 5.74) is 0.236. The zero-order chi connectivity index (χ0) is 18.6. The Labute approximate surface area is 171 Å². The first-order valence-electron chi connectivity index (χ1n) is 9.22. The number of rotatable bonds is 4. The van der Waals surface area contributed by atoms with Crippen LogP contribution in [-0.4, -0.2) is 55.6 Å². The van der Waals surface area contributed by atoms with Crippen molar-refractivity contribution in [2.75, 3.05) is 38.6 Å². The van der Waals surface area contributed by atoms with Gasteiger partial charge in [0.1, 0.15) is 5.60 Å². The molecule has 2 aliphatic heterocycles. The highest BCUT2D eigenvalue weighted by atomic mass is 35.5. The average Bonchev–Trinajstić information content (AvgIpc) is 2.68. The fraction of sp³-hybridized carbons (Fsp3) is 0.579. The maximum absolute atomic E-state index is 12.7. The molecule has 2 fully saturated rings. The number of amides is 2. The zero-order valence-electron chi connectivity index (χ0n) is 15.6. The topological polar surface area (TPSA) is 70.7 Å². The molecule has 0 aromatic heterocycles. The van der Waals surface area contributed by atoms with E-state index in [1.807, 2.05) is 4.90 Å². The highest BCUT2D eigenvalue weighted by molar-refractivity contribution is 6.34. The van der Waals surface area contributed by atoms with Gasteiger partial charge in [-0.1, -0.05) is 11.6 Å². The number of nitrogens with zero attached hydrogens (tertiary/aromatic N) is 1. The molecule has 1 aromatic rings. The van der Waals surface area contributed by atoms with E-state index in [1.165, 1.54) is 6.42 Å². The summed E-state index contributed by atoms with van der Waals surface area (Å²) in [5.74, 6) is -0.216. The van der Waals surface area contributed by atoms with Crippen LogP contribution in [0.1, 0.15) is 42.5 Å². The van der Waals surface area contributed by atoms with Gasteiger partial charge in [0.15, 0.2) is 0 Å². The molecular formula is C19H27Cl2N3O3. The van der Waals surface area contributed by atoms with E-state index in [-0.39, 0.29) is 24.2 Å². The van der Waals surface area contributed by atoms with Crippen LogP contribution in [0.15, 0.2) is 18.2 Å². The minimum atomic E-state index is -0.819. The molecule has 0 aliphatic carbocycles. The summed E-state index contributed by atoms with van der Waals surface area (Å²) in [6, 6.07) is 5.06. The second kappa shape index (κ2) is 9.73. The summed E-state index contributed by atoms with van der Waals surface area (Å²) in [6.45, 7) is 3.03. The molecular weight excluding hydrogens is 389 g/mol. The molecule has 6 nitrogen and oxygen atoms in total. The molecule has 3 rings (SSSR count). The largest absolute Gasteiger partial charge is 0.368 e. The van der Waals surface area contributed by atoms with Gasteiger partial charge in [0.25, 0.3) is 11.8 Å². The first-order chi connectivity index (χ1) is 12.6. The molecule has 8 heteroatoms. The second-order valence-corrected chi connectivity index (χ2v) is 7.36. The van der Waals surface area contributed by atoms with Crippen LogP contribution in [0.5, 0.6) is 0 Å². The highest BCUT2D eigenvalue weighted by Gasteiger charge is 2.39. The smallest absolute Gasteiger partial charge is 0.256 e. The van der Waals surface area contributed by atoms with E-state index in [2.05, 4.69) is 10.6 Å². The number of likely N-dealkylation sites (tertiary alicyclic amines) is 1. The third kappa shape index (κ3) is 4.93. The number of hydrogen-bond donors (Lipinski definition) is 2. The van der Waals surface area contributed by atoms with Gasteiger partial charge in [-0.2, -0.15) is 0 Å². The first-order valence-corrected chi connectivity index (χ1v) is 9.60. The van der Waals surface area contributed by atoms with Crippen molar-refractivity contribution in [3.8, 4) is 0 Å².